The summed E-state index contributed by atoms with van der Waals surface area (Å²) in [6, 6.07) is 4.59. The fourth-order valence-electron chi connectivity index (χ4n) is 3.46. The Balaban J connectivity index is 1.82. The predicted molar refractivity (Wildman–Crippen MR) is 83.4 cm³/mol. The first kappa shape index (κ1) is 15.5. The third-order valence-electron chi connectivity index (χ3n) is 4.63. The lowest BCUT2D eigenvalue weighted by molar-refractivity contribution is 0.277. The van der Waals surface area contributed by atoms with E-state index < -0.39 is 0 Å². The summed E-state index contributed by atoms with van der Waals surface area (Å²) in [6.45, 7) is 6.85. The van der Waals surface area contributed by atoms with Gasteiger partial charge in [-0.1, -0.05) is 31.9 Å². The van der Waals surface area contributed by atoms with E-state index in [0.717, 1.165) is 23.6 Å². The minimum Gasteiger partial charge on any atom is -0.310 e. The Bertz CT molecular complexity index is 410. The Morgan fingerprint density at radius 1 is 1.10 bits per heavy atom. The second kappa shape index (κ2) is 7.21. The molecule has 2 rings (SSSR count). The Morgan fingerprint density at radius 2 is 1.70 bits per heavy atom. The van der Waals surface area contributed by atoms with Gasteiger partial charge in [0, 0.05) is 12.6 Å². The van der Waals surface area contributed by atoms with Gasteiger partial charge in [-0.3, -0.25) is 0 Å². The molecule has 0 saturated heterocycles. The molecule has 1 aromatic carbocycles. The van der Waals surface area contributed by atoms with Gasteiger partial charge in [0.1, 0.15) is 5.82 Å². The van der Waals surface area contributed by atoms with Crippen molar-refractivity contribution in [2.24, 2.45) is 5.92 Å². The van der Waals surface area contributed by atoms with Crippen molar-refractivity contribution in [1.29, 1.82) is 0 Å². The van der Waals surface area contributed by atoms with E-state index in [1.807, 2.05) is 26.0 Å². The zero-order valence-corrected chi connectivity index (χ0v) is 13.1. The summed E-state index contributed by atoms with van der Waals surface area (Å²) >= 11 is 0. The number of hydrogen-bond donors (Lipinski definition) is 1. The Kier molecular flexibility index (Phi) is 5.59. The summed E-state index contributed by atoms with van der Waals surface area (Å²) in [5.74, 6) is 0.891. The minimum absolute atomic E-state index is 0.0613. The average Bonchev–Trinajstić information content (AvgIpc) is 2.44. The molecule has 1 aliphatic rings. The van der Waals surface area contributed by atoms with Crippen LogP contribution in [0, 0.1) is 25.6 Å². The van der Waals surface area contributed by atoms with Crippen LogP contribution in [0.15, 0.2) is 12.1 Å². The van der Waals surface area contributed by atoms with Gasteiger partial charge in [-0.2, -0.15) is 0 Å². The van der Waals surface area contributed by atoms with Crippen molar-refractivity contribution in [3.05, 3.63) is 34.6 Å². The van der Waals surface area contributed by atoms with Crippen LogP contribution in [0.4, 0.5) is 4.39 Å². The third-order valence-corrected chi connectivity index (χ3v) is 4.63. The van der Waals surface area contributed by atoms with Crippen LogP contribution in [0.2, 0.25) is 0 Å². The predicted octanol–water partition coefficient (Wildman–Crippen LogP) is 4.89. The van der Waals surface area contributed by atoms with Gasteiger partial charge in [0.25, 0.3) is 0 Å². The molecule has 0 spiro atoms. The van der Waals surface area contributed by atoms with E-state index in [0.29, 0.717) is 6.04 Å². The molecule has 2 heteroatoms. The number of aryl methyl sites for hydroxylation is 2. The average molecular weight is 277 g/mol. The Hall–Kier alpha value is -0.890. The summed E-state index contributed by atoms with van der Waals surface area (Å²) in [6.07, 6.45) is 8.04. The van der Waals surface area contributed by atoms with Gasteiger partial charge in [-0.05, 0) is 62.1 Å². The van der Waals surface area contributed by atoms with Gasteiger partial charge in [-0.15, -0.1) is 0 Å². The number of halogens is 1. The molecule has 1 N–H and O–H groups in total. The quantitative estimate of drug-likeness (QED) is 0.808. The monoisotopic (exact) mass is 277 g/mol. The molecule has 0 heterocycles. The van der Waals surface area contributed by atoms with E-state index in [1.54, 1.807) is 0 Å². The third kappa shape index (κ3) is 4.05. The van der Waals surface area contributed by atoms with Crippen molar-refractivity contribution >= 4 is 0 Å². The molecule has 1 nitrogen and oxygen atoms in total. The summed E-state index contributed by atoms with van der Waals surface area (Å²) < 4.78 is 13.6. The van der Waals surface area contributed by atoms with Crippen molar-refractivity contribution in [2.75, 3.05) is 0 Å². The molecule has 0 radical (unpaired) electrons. The van der Waals surface area contributed by atoms with E-state index in [-0.39, 0.29) is 5.82 Å². The highest BCUT2D eigenvalue weighted by molar-refractivity contribution is 5.30. The maximum Gasteiger partial charge on any atom is 0.129 e. The second-order valence-electron chi connectivity index (χ2n) is 6.43. The van der Waals surface area contributed by atoms with Crippen LogP contribution in [0.5, 0.6) is 0 Å². The molecule has 1 aromatic rings. The second-order valence-corrected chi connectivity index (χ2v) is 6.43. The summed E-state index contributed by atoms with van der Waals surface area (Å²) in [7, 11) is 0. The van der Waals surface area contributed by atoms with Gasteiger partial charge in [0.15, 0.2) is 0 Å². The zero-order valence-electron chi connectivity index (χ0n) is 13.1. The summed E-state index contributed by atoms with van der Waals surface area (Å²) in [4.78, 5) is 0. The number of benzene rings is 1. The van der Waals surface area contributed by atoms with Crippen molar-refractivity contribution in [1.82, 2.24) is 5.32 Å². The van der Waals surface area contributed by atoms with E-state index >= 15 is 0 Å². The number of nitrogens with one attached hydrogen (secondary N) is 1. The lowest BCUT2D eigenvalue weighted by Gasteiger charge is -2.29. The standard InChI is InChI=1S/C18H28FN/c1-4-5-15-6-8-17(9-7-15)20-12-16-10-13(2)18(19)14(3)11-16/h10-11,15,17,20H,4-9,12H2,1-3H3. The normalized spacial score (nSPS) is 23.0. The highest BCUT2D eigenvalue weighted by Crippen LogP contribution is 2.28. The fourth-order valence-corrected chi connectivity index (χ4v) is 3.46. The highest BCUT2D eigenvalue weighted by Gasteiger charge is 2.20. The molecule has 1 fully saturated rings. The lowest BCUT2D eigenvalue weighted by atomic mass is 9.83. The molecule has 112 valence electrons. The molecule has 0 unspecified atom stereocenters. The molecule has 0 aliphatic heterocycles. The molecule has 20 heavy (non-hydrogen) atoms. The summed E-state index contributed by atoms with van der Waals surface area (Å²) in [5, 5.41) is 3.65. The molecule has 0 aromatic heterocycles. The van der Waals surface area contributed by atoms with Crippen molar-refractivity contribution in [3.63, 3.8) is 0 Å². The number of rotatable bonds is 5. The van der Waals surface area contributed by atoms with Crippen molar-refractivity contribution in [2.45, 2.75) is 71.9 Å². The van der Waals surface area contributed by atoms with Crippen LogP contribution in [0.1, 0.15) is 62.1 Å². The molecule has 1 aliphatic carbocycles. The SMILES string of the molecule is CCCC1CCC(NCc2cc(C)c(F)c(C)c2)CC1. The van der Waals surface area contributed by atoms with Crippen LogP contribution >= 0.6 is 0 Å². The Labute approximate surface area is 123 Å². The maximum atomic E-state index is 13.6. The van der Waals surface area contributed by atoms with E-state index in [1.165, 1.54) is 44.1 Å². The first-order valence-corrected chi connectivity index (χ1v) is 8.09. The molecule has 0 bridgehead atoms. The largest absolute Gasteiger partial charge is 0.310 e. The van der Waals surface area contributed by atoms with E-state index in [2.05, 4.69) is 12.2 Å². The van der Waals surface area contributed by atoms with E-state index in [9.17, 15) is 4.39 Å². The van der Waals surface area contributed by atoms with Gasteiger partial charge < -0.3 is 5.32 Å². The van der Waals surface area contributed by atoms with Crippen molar-refractivity contribution < 1.29 is 4.39 Å². The zero-order chi connectivity index (χ0) is 14.5. The topological polar surface area (TPSA) is 12.0 Å². The molecular weight excluding hydrogens is 249 g/mol. The molecule has 0 atom stereocenters. The lowest BCUT2D eigenvalue weighted by Crippen LogP contribution is -2.32. The van der Waals surface area contributed by atoms with Crippen LogP contribution in [-0.2, 0) is 6.54 Å². The van der Waals surface area contributed by atoms with E-state index in [4.69, 9.17) is 0 Å². The number of hydrogen-bond acceptors (Lipinski definition) is 1. The van der Waals surface area contributed by atoms with Gasteiger partial charge in [0.2, 0.25) is 0 Å². The Morgan fingerprint density at radius 3 is 2.25 bits per heavy atom. The first-order chi connectivity index (χ1) is 9.60. The fraction of sp³-hybridized carbons (Fsp3) is 0.667. The van der Waals surface area contributed by atoms with Gasteiger partial charge in [0.05, 0.1) is 0 Å². The van der Waals surface area contributed by atoms with Crippen LogP contribution in [0.25, 0.3) is 0 Å². The van der Waals surface area contributed by atoms with Crippen molar-refractivity contribution in [3.8, 4) is 0 Å². The van der Waals surface area contributed by atoms with Crippen LogP contribution < -0.4 is 5.32 Å². The minimum atomic E-state index is -0.0613. The molecular formula is C18H28FN. The molecule has 0 amide bonds. The molecule has 1 saturated carbocycles. The van der Waals surface area contributed by atoms with Crippen LogP contribution in [0.3, 0.4) is 0 Å². The maximum absolute atomic E-state index is 13.6. The smallest absolute Gasteiger partial charge is 0.129 e. The highest BCUT2D eigenvalue weighted by atomic mass is 19.1. The van der Waals surface area contributed by atoms with Gasteiger partial charge >= 0.3 is 0 Å². The first-order valence-electron chi connectivity index (χ1n) is 8.09. The van der Waals surface area contributed by atoms with Crippen LogP contribution in [-0.4, -0.2) is 6.04 Å². The van der Waals surface area contributed by atoms with Gasteiger partial charge in [-0.25, -0.2) is 4.39 Å². The summed E-state index contributed by atoms with van der Waals surface area (Å²) in [5.41, 5.74) is 2.72.